The zero-order chi connectivity index (χ0) is 25.1. The summed E-state index contributed by atoms with van der Waals surface area (Å²) >= 11 is 0. The Morgan fingerprint density at radius 3 is 2.49 bits per heavy atom. The lowest BCUT2D eigenvalue weighted by molar-refractivity contribution is -0.138. The maximum atomic E-state index is 14.4. The molecule has 2 bridgehead atoms. The number of fused-ring (bicyclic) bond motifs is 3. The van der Waals surface area contributed by atoms with Crippen molar-refractivity contribution in [3.05, 3.63) is 41.5 Å². The van der Waals surface area contributed by atoms with Crippen LogP contribution < -0.4 is 5.73 Å². The number of nitrogens with zero attached hydrogens (tertiary/aromatic N) is 4. The van der Waals surface area contributed by atoms with Crippen molar-refractivity contribution >= 4 is 27.2 Å². The molecule has 2 aliphatic rings. The lowest BCUT2D eigenvalue weighted by Gasteiger charge is -2.39. The van der Waals surface area contributed by atoms with Crippen molar-refractivity contribution in [3.63, 3.8) is 0 Å². The third-order valence-electron chi connectivity index (χ3n) is 7.11. The van der Waals surface area contributed by atoms with Crippen LogP contribution in [0.2, 0.25) is 0 Å². The molecule has 2 atom stereocenters. The molecule has 2 unspecified atom stereocenters. The maximum absolute atomic E-state index is 14.4. The van der Waals surface area contributed by atoms with Crippen LogP contribution in [0.5, 0.6) is 0 Å². The van der Waals surface area contributed by atoms with Crippen LogP contribution in [-0.4, -0.2) is 69.0 Å². The van der Waals surface area contributed by atoms with Crippen molar-refractivity contribution in [2.45, 2.75) is 55.2 Å². The minimum absolute atomic E-state index is 0.0765. The van der Waals surface area contributed by atoms with Crippen LogP contribution in [0.25, 0.3) is 16.8 Å². The molecule has 10 nitrogen and oxygen atoms in total. The number of hydrogen-bond acceptors (Lipinski definition) is 8. The van der Waals surface area contributed by atoms with Gasteiger partial charge < -0.3 is 20.8 Å². The first-order chi connectivity index (χ1) is 16.6. The molecular formula is C23H26FN5O5S. The normalized spacial score (nSPS) is 22.2. The highest BCUT2D eigenvalue weighted by Crippen LogP contribution is 2.45. The number of aromatic nitrogens is 3. The van der Waals surface area contributed by atoms with E-state index in [1.165, 1.54) is 22.8 Å². The number of carbonyl (C=O) groups is 1. The molecule has 4 N–H and O–H groups in total. The van der Waals surface area contributed by atoms with Gasteiger partial charge in [0.25, 0.3) is 0 Å². The van der Waals surface area contributed by atoms with Crippen molar-refractivity contribution < 1.29 is 27.8 Å². The summed E-state index contributed by atoms with van der Waals surface area (Å²) in [6, 6.07) is 4.13. The Bertz CT molecular complexity index is 1430. The number of sulfone groups is 1. The predicted octanol–water partition coefficient (Wildman–Crippen LogP) is 1.24. The minimum atomic E-state index is -3.78. The van der Waals surface area contributed by atoms with E-state index in [2.05, 4.69) is 5.10 Å². The number of halogens is 1. The smallest absolute Gasteiger partial charge is 0.248 e. The number of piperidine rings is 1. The zero-order valence-electron chi connectivity index (χ0n) is 19.1. The van der Waals surface area contributed by atoms with Gasteiger partial charge in [0.05, 0.1) is 18.5 Å². The van der Waals surface area contributed by atoms with E-state index in [1.54, 1.807) is 11.0 Å². The van der Waals surface area contributed by atoms with Crippen molar-refractivity contribution in [2.75, 3.05) is 18.6 Å². The topological polar surface area (TPSA) is 151 Å². The van der Waals surface area contributed by atoms with Crippen LogP contribution in [0.15, 0.2) is 29.3 Å². The second-order valence-corrected chi connectivity index (χ2v) is 11.2. The van der Waals surface area contributed by atoms with Crippen molar-refractivity contribution in [1.29, 1.82) is 0 Å². The van der Waals surface area contributed by atoms with Crippen molar-refractivity contribution in [3.8, 4) is 11.1 Å². The Hall–Kier alpha value is -3.09. The summed E-state index contributed by atoms with van der Waals surface area (Å²) in [6.45, 7) is -0.998. The van der Waals surface area contributed by atoms with Crippen molar-refractivity contribution in [1.82, 2.24) is 19.5 Å². The van der Waals surface area contributed by atoms with Gasteiger partial charge >= 0.3 is 0 Å². The first kappa shape index (κ1) is 23.6. The number of aliphatic hydroxyl groups is 2. The number of anilines is 1. The van der Waals surface area contributed by atoms with E-state index in [1.807, 2.05) is 0 Å². The largest absolute Gasteiger partial charge is 0.392 e. The van der Waals surface area contributed by atoms with Gasteiger partial charge in [0.15, 0.2) is 15.5 Å². The number of benzene rings is 1. The summed E-state index contributed by atoms with van der Waals surface area (Å²) < 4.78 is 41.3. The van der Waals surface area contributed by atoms with E-state index in [4.69, 9.17) is 10.7 Å². The highest BCUT2D eigenvalue weighted by atomic mass is 32.2. The first-order valence-corrected chi connectivity index (χ1v) is 13.2. The molecule has 0 saturated carbocycles. The number of nitrogen functional groups attached to an aromatic ring is 1. The quantitative estimate of drug-likeness (QED) is 0.471. The van der Waals surface area contributed by atoms with Gasteiger partial charge in [0.1, 0.15) is 23.1 Å². The average Bonchev–Trinajstić information content (AvgIpc) is 3.35. The van der Waals surface area contributed by atoms with Crippen LogP contribution in [0.3, 0.4) is 0 Å². The summed E-state index contributed by atoms with van der Waals surface area (Å²) in [5.41, 5.74) is 8.03. The number of rotatable bonds is 5. The zero-order valence-corrected chi connectivity index (χ0v) is 19.9. The lowest BCUT2D eigenvalue weighted by atomic mass is 9.87. The molecule has 1 amide bonds. The minimum Gasteiger partial charge on any atom is -0.392 e. The van der Waals surface area contributed by atoms with Gasteiger partial charge in [-0.3, -0.25) is 4.79 Å². The Labute approximate surface area is 201 Å². The number of hydrogen-bond donors (Lipinski definition) is 3. The van der Waals surface area contributed by atoms with Crippen LogP contribution in [0, 0.1) is 5.82 Å². The summed E-state index contributed by atoms with van der Waals surface area (Å²) in [5.74, 6) is -1.26. The average molecular weight is 504 g/mol. The lowest BCUT2D eigenvalue weighted by Crippen LogP contribution is -2.47. The fraction of sp³-hybridized carbons (Fsp3) is 0.435. The molecular weight excluding hydrogens is 477 g/mol. The van der Waals surface area contributed by atoms with Gasteiger partial charge in [-0.05, 0) is 37.3 Å². The molecule has 186 valence electrons. The molecule has 35 heavy (non-hydrogen) atoms. The standard InChI is InChI=1S/C23H26FN5O5S/c1-35(33,34)21-20(14-6-15-4-5-16(7-14)28(15)19(32)11-31)27-23-17(9-26-29(23)22(21)25)12-2-3-13(10-30)18(24)8-12/h2-3,8-9,14-16,30-31H,4-7,10-11,25H2,1H3. The molecule has 0 spiro atoms. The van der Waals surface area contributed by atoms with Crippen LogP contribution in [-0.2, 0) is 21.2 Å². The Morgan fingerprint density at radius 1 is 1.23 bits per heavy atom. The number of carbonyl (C=O) groups excluding carboxylic acids is 1. The highest BCUT2D eigenvalue weighted by Gasteiger charge is 2.45. The Morgan fingerprint density at radius 2 is 1.91 bits per heavy atom. The van der Waals surface area contributed by atoms with Gasteiger partial charge in [-0.2, -0.15) is 9.61 Å². The van der Waals surface area contributed by atoms with E-state index >= 15 is 0 Å². The third kappa shape index (κ3) is 3.85. The summed E-state index contributed by atoms with van der Waals surface area (Å²) in [4.78, 5) is 18.6. The van der Waals surface area contributed by atoms with E-state index in [9.17, 15) is 27.8 Å². The van der Waals surface area contributed by atoms with Crippen LogP contribution >= 0.6 is 0 Å². The van der Waals surface area contributed by atoms with E-state index in [-0.39, 0.29) is 40.2 Å². The monoisotopic (exact) mass is 503 g/mol. The summed E-state index contributed by atoms with van der Waals surface area (Å²) in [5, 5.41) is 22.9. The summed E-state index contributed by atoms with van der Waals surface area (Å²) in [6.07, 6.45) is 5.06. The second kappa shape index (κ2) is 8.54. The fourth-order valence-electron chi connectivity index (χ4n) is 5.61. The molecule has 3 aromatic rings. The van der Waals surface area contributed by atoms with Gasteiger partial charge in [-0.25, -0.2) is 17.8 Å². The van der Waals surface area contributed by atoms with Crippen molar-refractivity contribution in [2.24, 2.45) is 0 Å². The molecule has 0 aliphatic carbocycles. The maximum Gasteiger partial charge on any atom is 0.248 e. The van der Waals surface area contributed by atoms with E-state index < -0.39 is 28.9 Å². The summed E-state index contributed by atoms with van der Waals surface area (Å²) in [7, 11) is -3.78. The van der Waals surface area contributed by atoms with E-state index in [0.29, 0.717) is 35.3 Å². The van der Waals surface area contributed by atoms with Crippen LogP contribution in [0.4, 0.5) is 10.2 Å². The number of nitrogens with two attached hydrogens (primary N) is 1. The van der Waals surface area contributed by atoms with Gasteiger partial charge in [0.2, 0.25) is 5.91 Å². The number of aliphatic hydroxyl groups excluding tert-OH is 2. The van der Waals surface area contributed by atoms with Gasteiger partial charge in [-0.1, -0.05) is 12.1 Å². The van der Waals surface area contributed by atoms with Gasteiger partial charge in [0, 0.05) is 35.4 Å². The SMILES string of the molecule is CS(=O)(=O)c1c(C2CC3CCC(C2)N3C(=O)CO)nc2c(-c3ccc(CO)c(F)c3)cnn2c1N. The molecule has 12 heteroatoms. The molecule has 5 rings (SSSR count). The third-order valence-corrected chi connectivity index (χ3v) is 8.27. The van der Waals surface area contributed by atoms with Crippen LogP contribution in [0.1, 0.15) is 42.9 Å². The number of amides is 1. The predicted molar refractivity (Wildman–Crippen MR) is 125 cm³/mol. The Kier molecular flexibility index (Phi) is 5.77. The van der Waals surface area contributed by atoms with E-state index in [0.717, 1.165) is 19.1 Å². The molecule has 0 radical (unpaired) electrons. The molecule has 1 aromatic carbocycles. The van der Waals surface area contributed by atoms with Gasteiger partial charge in [-0.15, -0.1) is 0 Å². The molecule has 2 fully saturated rings. The Balaban J connectivity index is 1.65. The molecule has 2 aromatic heterocycles. The molecule has 2 saturated heterocycles. The molecule has 4 heterocycles. The fourth-order valence-corrected chi connectivity index (χ4v) is 6.67. The highest BCUT2D eigenvalue weighted by molar-refractivity contribution is 7.91. The first-order valence-electron chi connectivity index (χ1n) is 11.3. The molecule has 2 aliphatic heterocycles. The second-order valence-electron chi connectivity index (χ2n) is 9.25.